The Morgan fingerprint density at radius 2 is 2.14 bits per heavy atom. The van der Waals surface area contributed by atoms with Crippen molar-refractivity contribution in [3.05, 3.63) is 48.7 Å². The average molecular weight is 299 g/mol. The largest absolute Gasteiger partial charge is 0.370 e. The molecule has 2 rings (SSSR count). The Hall–Kier alpha value is -2.50. The van der Waals surface area contributed by atoms with E-state index in [1.807, 2.05) is 24.4 Å². The van der Waals surface area contributed by atoms with Gasteiger partial charge in [0.1, 0.15) is 12.1 Å². The van der Waals surface area contributed by atoms with E-state index in [9.17, 15) is 4.79 Å². The third-order valence-electron chi connectivity index (χ3n) is 3.69. The lowest BCUT2D eigenvalue weighted by Gasteiger charge is -2.35. The van der Waals surface area contributed by atoms with Crippen LogP contribution in [0.4, 0.5) is 5.82 Å². The van der Waals surface area contributed by atoms with Gasteiger partial charge in [0.25, 0.3) is 0 Å². The number of pyridine rings is 1. The minimum absolute atomic E-state index is 0.0459. The first-order valence-electron chi connectivity index (χ1n) is 7.20. The molecule has 0 aliphatic heterocycles. The van der Waals surface area contributed by atoms with Crippen molar-refractivity contribution in [1.29, 1.82) is 0 Å². The smallest absolute Gasteiger partial charge is 0.217 e. The van der Waals surface area contributed by atoms with Crippen molar-refractivity contribution < 1.29 is 4.79 Å². The van der Waals surface area contributed by atoms with Gasteiger partial charge >= 0.3 is 0 Å². The van der Waals surface area contributed by atoms with Crippen LogP contribution >= 0.6 is 0 Å². The zero-order chi connectivity index (χ0) is 16.0. The quantitative estimate of drug-likeness (QED) is 0.818. The summed E-state index contributed by atoms with van der Waals surface area (Å²) in [6.45, 7) is 4.20. The fraction of sp³-hybridized carbons (Fsp3) is 0.375. The van der Waals surface area contributed by atoms with Gasteiger partial charge in [0, 0.05) is 25.0 Å². The summed E-state index contributed by atoms with van der Waals surface area (Å²) in [6, 6.07) is 5.68. The van der Waals surface area contributed by atoms with Crippen molar-refractivity contribution in [3.63, 3.8) is 0 Å². The standard InChI is InChI=1S/C16H21N5O/c1-16(2,7-5-13(17)22)15(12-4-3-8-18-10-12)21-14-6-9-19-11-20-14/h3-4,6,8-11,15H,5,7H2,1-2H3,(H2,17,22)(H,19,20,21). The topological polar surface area (TPSA) is 93.8 Å². The van der Waals surface area contributed by atoms with Gasteiger partial charge < -0.3 is 11.1 Å². The Balaban J connectivity index is 2.27. The maximum absolute atomic E-state index is 11.1. The van der Waals surface area contributed by atoms with Gasteiger partial charge in [-0.3, -0.25) is 9.78 Å². The number of nitrogens with zero attached hydrogens (tertiary/aromatic N) is 3. The summed E-state index contributed by atoms with van der Waals surface area (Å²) >= 11 is 0. The number of nitrogens with one attached hydrogen (secondary N) is 1. The molecule has 0 fully saturated rings. The normalized spacial score (nSPS) is 12.6. The molecule has 2 aromatic heterocycles. The molecular formula is C16H21N5O. The fourth-order valence-electron chi connectivity index (χ4n) is 2.39. The molecule has 2 aromatic rings. The summed E-state index contributed by atoms with van der Waals surface area (Å²) in [6.07, 6.45) is 7.76. The maximum atomic E-state index is 11.1. The van der Waals surface area contributed by atoms with E-state index in [0.29, 0.717) is 12.8 Å². The molecule has 3 N–H and O–H groups in total. The number of anilines is 1. The number of rotatable bonds is 7. The van der Waals surface area contributed by atoms with Gasteiger partial charge in [-0.2, -0.15) is 0 Å². The number of carbonyl (C=O) groups is 1. The zero-order valence-electron chi connectivity index (χ0n) is 12.9. The van der Waals surface area contributed by atoms with Crippen LogP contribution in [0.25, 0.3) is 0 Å². The van der Waals surface area contributed by atoms with Gasteiger partial charge in [-0.25, -0.2) is 9.97 Å². The Bertz CT molecular complexity index is 600. The molecule has 116 valence electrons. The van der Waals surface area contributed by atoms with Crippen molar-refractivity contribution in [2.75, 3.05) is 5.32 Å². The van der Waals surface area contributed by atoms with E-state index in [2.05, 4.69) is 34.1 Å². The van der Waals surface area contributed by atoms with Crippen LogP contribution in [0.15, 0.2) is 43.1 Å². The molecular weight excluding hydrogens is 278 g/mol. The second-order valence-corrected chi connectivity index (χ2v) is 5.91. The number of nitrogens with two attached hydrogens (primary N) is 1. The van der Waals surface area contributed by atoms with Crippen LogP contribution in [-0.2, 0) is 4.79 Å². The molecule has 0 saturated carbocycles. The predicted molar refractivity (Wildman–Crippen MR) is 84.8 cm³/mol. The minimum atomic E-state index is -0.292. The Kier molecular flexibility index (Phi) is 5.04. The first-order valence-corrected chi connectivity index (χ1v) is 7.20. The van der Waals surface area contributed by atoms with Crippen LogP contribution in [-0.4, -0.2) is 20.9 Å². The van der Waals surface area contributed by atoms with Gasteiger partial charge in [0.2, 0.25) is 5.91 Å². The molecule has 0 spiro atoms. The molecule has 6 nitrogen and oxygen atoms in total. The van der Waals surface area contributed by atoms with Crippen molar-refractivity contribution >= 4 is 11.7 Å². The van der Waals surface area contributed by atoms with E-state index in [4.69, 9.17) is 5.73 Å². The van der Waals surface area contributed by atoms with Crippen LogP contribution in [0.2, 0.25) is 0 Å². The summed E-state index contributed by atoms with van der Waals surface area (Å²) in [5, 5.41) is 3.42. The second kappa shape index (κ2) is 6.98. The lowest BCUT2D eigenvalue weighted by molar-refractivity contribution is -0.118. The van der Waals surface area contributed by atoms with E-state index < -0.39 is 0 Å². The summed E-state index contributed by atoms with van der Waals surface area (Å²) < 4.78 is 0. The number of hydrogen-bond acceptors (Lipinski definition) is 5. The summed E-state index contributed by atoms with van der Waals surface area (Å²) in [5.74, 6) is 0.441. The fourth-order valence-corrected chi connectivity index (χ4v) is 2.39. The maximum Gasteiger partial charge on any atom is 0.217 e. The molecule has 22 heavy (non-hydrogen) atoms. The zero-order valence-corrected chi connectivity index (χ0v) is 12.9. The molecule has 0 aliphatic rings. The van der Waals surface area contributed by atoms with Crippen LogP contribution in [0.5, 0.6) is 0 Å². The average Bonchev–Trinajstić information content (AvgIpc) is 2.52. The van der Waals surface area contributed by atoms with Crippen molar-refractivity contribution in [2.24, 2.45) is 11.1 Å². The second-order valence-electron chi connectivity index (χ2n) is 5.91. The van der Waals surface area contributed by atoms with Crippen LogP contribution in [0.3, 0.4) is 0 Å². The van der Waals surface area contributed by atoms with Gasteiger partial charge in [-0.15, -0.1) is 0 Å². The van der Waals surface area contributed by atoms with E-state index >= 15 is 0 Å². The van der Waals surface area contributed by atoms with Crippen LogP contribution < -0.4 is 11.1 Å². The van der Waals surface area contributed by atoms with Crippen LogP contribution in [0, 0.1) is 5.41 Å². The van der Waals surface area contributed by atoms with Gasteiger partial charge in [-0.1, -0.05) is 19.9 Å². The van der Waals surface area contributed by atoms with Gasteiger partial charge in [0.05, 0.1) is 6.04 Å². The SMILES string of the molecule is CC(C)(CCC(N)=O)C(Nc1ccncn1)c1cccnc1. The van der Waals surface area contributed by atoms with Gasteiger partial charge in [0.15, 0.2) is 0 Å². The molecule has 0 bridgehead atoms. The highest BCUT2D eigenvalue weighted by molar-refractivity contribution is 5.73. The molecule has 1 atom stereocenters. The first kappa shape index (κ1) is 15.9. The number of hydrogen-bond donors (Lipinski definition) is 2. The molecule has 1 amide bonds. The first-order chi connectivity index (χ1) is 10.5. The molecule has 0 aromatic carbocycles. The van der Waals surface area contributed by atoms with E-state index in [1.165, 1.54) is 6.33 Å². The lowest BCUT2D eigenvalue weighted by Crippen LogP contribution is -2.30. The molecule has 1 unspecified atom stereocenters. The molecule has 0 aliphatic carbocycles. The molecule has 0 saturated heterocycles. The Labute approximate surface area is 130 Å². The van der Waals surface area contributed by atoms with Crippen molar-refractivity contribution in [1.82, 2.24) is 15.0 Å². The highest BCUT2D eigenvalue weighted by Gasteiger charge is 2.31. The highest BCUT2D eigenvalue weighted by Crippen LogP contribution is 2.39. The molecule has 2 heterocycles. The Morgan fingerprint density at radius 3 is 2.73 bits per heavy atom. The number of aromatic nitrogens is 3. The monoisotopic (exact) mass is 299 g/mol. The predicted octanol–water partition coefficient (Wildman–Crippen LogP) is 2.32. The van der Waals surface area contributed by atoms with Crippen molar-refractivity contribution in [2.45, 2.75) is 32.7 Å². The number of carbonyl (C=O) groups excluding carboxylic acids is 1. The van der Waals surface area contributed by atoms with Crippen LogP contribution in [0.1, 0.15) is 38.3 Å². The van der Waals surface area contributed by atoms with Crippen molar-refractivity contribution in [3.8, 4) is 0 Å². The van der Waals surface area contributed by atoms with Gasteiger partial charge in [-0.05, 0) is 29.5 Å². The lowest BCUT2D eigenvalue weighted by atomic mass is 9.77. The Morgan fingerprint density at radius 1 is 1.32 bits per heavy atom. The van der Waals surface area contributed by atoms with E-state index in [1.54, 1.807) is 12.4 Å². The van der Waals surface area contributed by atoms with E-state index in [0.717, 1.165) is 11.4 Å². The third kappa shape index (κ3) is 4.25. The number of amides is 1. The summed E-state index contributed by atoms with van der Waals surface area (Å²) in [7, 11) is 0. The molecule has 6 heteroatoms. The molecule has 0 radical (unpaired) electrons. The highest BCUT2D eigenvalue weighted by atomic mass is 16.1. The minimum Gasteiger partial charge on any atom is -0.370 e. The van der Waals surface area contributed by atoms with E-state index in [-0.39, 0.29) is 17.4 Å². The number of primary amides is 1. The summed E-state index contributed by atoms with van der Waals surface area (Å²) in [5.41, 5.74) is 6.13. The third-order valence-corrected chi connectivity index (χ3v) is 3.69. The summed E-state index contributed by atoms with van der Waals surface area (Å²) in [4.78, 5) is 23.5.